The Morgan fingerprint density at radius 2 is 1.95 bits per heavy atom. The molecular weight excluding hydrogens is 260 g/mol. The molecule has 0 bridgehead atoms. The molecule has 0 amide bonds. The van der Waals surface area contributed by atoms with E-state index in [1.54, 1.807) is 0 Å². The van der Waals surface area contributed by atoms with Crippen LogP contribution < -0.4 is 4.74 Å². The number of likely N-dealkylation sites (tertiary alicyclic amines) is 1. The number of para-hydroxylation sites is 1. The number of fused-ring (bicyclic) bond motifs is 1. The molecule has 0 unspecified atom stereocenters. The van der Waals surface area contributed by atoms with Crippen LogP contribution in [0.2, 0.25) is 0 Å². The molecule has 0 N–H and O–H groups in total. The number of benzene rings is 1. The Hall–Kier alpha value is -1.61. The van der Waals surface area contributed by atoms with E-state index in [1.165, 1.54) is 5.56 Å². The highest BCUT2D eigenvalue weighted by atomic mass is 16.5. The maximum absolute atomic E-state index is 6.28. The Kier molecular flexibility index (Phi) is 4.11. The van der Waals surface area contributed by atoms with Crippen LogP contribution in [0, 0.1) is 6.92 Å². The molecule has 0 spiro atoms. The summed E-state index contributed by atoms with van der Waals surface area (Å²) in [6, 6.07) is 8.91. The van der Waals surface area contributed by atoms with Crippen molar-refractivity contribution >= 4 is 10.9 Å². The lowest BCUT2D eigenvalue weighted by atomic mass is 10.1. The number of piperidine rings is 1. The van der Waals surface area contributed by atoms with Gasteiger partial charge in [-0.25, -0.2) is 0 Å². The maximum atomic E-state index is 6.28. The van der Waals surface area contributed by atoms with E-state index in [4.69, 9.17) is 4.74 Å². The molecule has 1 aromatic heterocycles. The lowest BCUT2D eigenvalue weighted by Crippen LogP contribution is -2.41. The molecule has 0 saturated carbocycles. The van der Waals surface area contributed by atoms with Crippen LogP contribution in [-0.4, -0.2) is 35.1 Å². The maximum Gasteiger partial charge on any atom is 0.130 e. The van der Waals surface area contributed by atoms with Crippen LogP contribution in [0.1, 0.15) is 32.3 Å². The van der Waals surface area contributed by atoms with Crippen molar-refractivity contribution in [3.05, 3.63) is 36.0 Å². The number of aromatic nitrogens is 1. The summed E-state index contributed by atoms with van der Waals surface area (Å²) in [5, 5.41) is 1.13. The van der Waals surface area contributed by atoms with Gasteiger partial charge in [-0.05, 0) is 51.3 Å². The van der Waals surface area contributed by atoms with Crippen LogP contribution in [-0.2, 0) is 0 Å². The van der Waals surface area contributed by atoms with Gasteiger partial charge in [0.05, 0.1) is 5.52 Å². The van der Waals surface area contributed by atoms with Crippen molar-refractivity contribution in [1.82, 2.24) is 9.88 Å². The van der Waals surface area contributed by atoms with Crippen molar-refractivity contribution in [2.24, 2.45) is 0 Å². The number of ether oxygens (including phenoxy) is 1. The third-order valence-corrected chi connectivity index (χ3v) is 4.43. The molecule has 3 rings (SSSR count). The minimum atomic E-state index is 0.325. The monoisotopic (exact) mass is 284 g/mol. The first-order valence-corrected chi connectivity index (χ1v) is 7.90. The standard InChI is InChI=1S/C18H24N2O/c1-13(2)20-11-8-15(9-12-20)21-17-7-10-19-18-14(3)5-4-6-16(17)18/h4-7,10,13,15H,8-9,11-12H2,1-3H3. The average molecular weight is 284 g/mol. The summed E-state index contributed by atoms with van der Waals surface area (Å²) in [4.78, 5) is 7.00. The van der Waals surface area contributed by atoms with E-state index in [0.717, 1.165) is 42.6 Å². The van der Waals surface area contributed by atoms with Crippen LogP contribution >= 0.6 is 0 Å². The van der Waals surface area contributed by atoms with Gasteiger partial charge in [-0.1, -0.05) is 12.1 Å². The van der Waals surface area contributed by atoms with Crippen LogP contribution in [0.3, 0.4) is 0 Å². The second-order valence-electron chi connectivity index (χ2n) is 6.23. The van der Waals surface area contributed by atoms with E-state index in [2.05, 4.69) is 48.9 Å². The van der Waals surface area contributed by atoms with E-state index in [1.807, 2.05) is 12.3 Å². The molecular formula is C18H24N2O. The van der Waals surface area contributed by atoms with Gasteiger partial charge in [-0.2, -0.15) is 0 Å². The van der Waals surface area contributed by atoms with Gasteiger partial charge in [0.2, 0.25) is 0 Å². The lowest BCUT2D eigenvalue weighted by Gasteiger charge is -2.34. The normalized spacial score (nSPS) is 17.5. The Morgan fingerprint density at radius 1 is 1.19 bits per heavy atom. The first-order chi connectivity index (χ1) is 10.1. The first-order valence-electron chi connectivity index (χ1n) is 7.90. The summed E-state index contributed by atoms with van der Waals surface area (Å²) in [6.07, 6.45) is 4.39. The van der Waals surface area contributed by atoms with Crippen molar-refractivity contribution in [2.75, 3.05) is 13.1 Å². The largest absolute Gasteiger partial charge is 0.490 e. The van der Waals surface area contributed by atoms with E-state index in [-0.39, 0.29) is 0 Å². The predicted octanol–water partition coefficient (Wildman–Crippen LogP) is 3.79. The molecule has 2 aromatic rings. The average Bonchev–Trinajstić information content (AvgIpc) is 2.49. The molecule has 1 aromatic carbocycles. The quantitative estimate of drug-likeness (QED) is 0.857. The Bertz CT molecular complexity index is 616. The van der Waals surface area contributed by atoms with Gasteiger partial charge in [0.1, 0.15) is 11.9 Å². The van der Waals surface area contributed by atoms with Crippen LogP contribution in [0.25, 0.3) is 10.9 Å². The number of pyridine rings is 1. The molecule has 21 heavy (non-hydrogen) atoms. The Morgan fingerprint density at radius 3 is 2.67 bits per heavy atom. The van der Waals surface area contributed by atoms with Crippen molar-refractivity contribution in [2.45, 2.75) is 45.8 Å². The van der Waals surface area contributed by atoms with Crippen molar-refractivity contribution in [1.29, 1.82) is 0 Å². The molecule has 1 aliphatic heterocycles. The number of aryl methyl sites for hydroxylation is 1. The third kappa shape index (κ3) is 3.03. The van der Waals surface area contributed by atoms with Gasteiger partial charge in [-0.15, -0.1) is 0 Å². The van der Waals surface area contributed by atoms with Gasteiger partial charge in [0.25, 0.3) is 0 Å². The zero-order valence-electron chi connectivity index (χ0n) is 13.2. The van der Waals surface area contributed by atoms with E-state index >= 15 is 0 Å². The zero-order valence-corrected chi connectivity index (χ0v) is 13.2. The van der Waals surface area contributed by atoms with Crippen molar-refractivity contribution in [3.8, 4) is 5.75 Å². The molecule has 0 atom stereocenters. The molecule has 3 heteroatoms. The fourth-order valence-corrected chi connectivity index (χ4v) is 3.09. The van der Waals surface area contributed by atoms with Crippen LogP contribution in [0.15, 0.2) is 30.5 Å². The van der Waals surface area contributed by atoms with Crippen LogP contribution in [0.4, 0.5) is 0 Å². The fourth-order valence-electron chi connectivity index (χ4n) is 3.09. The van der Waals surface area contributed by atoms with E-state index < -0.39 is 0 Å². The smallest absolute Gasteiger partial charge is 0.130 e. The first kappa shape index (κ1) is 14.3. The third-order valence-electron chi connectivity index (χ3n) is 4.43. The Labute approximate surface area is 126 Å². The van der Waals surface area contributed by atoms with Gasteiger partial charge in [0.15, 0.2) is 0 Å². The molecule has 3 nitrogen and oxygen atoms in total. The van der Waals surface area contributed by atoms with Crippen molar-refractivity contribution in [3.63, 3.8) is 0 Å². The van der Waals surface area contributed by atoms with Crippen molar-refractivity contribution < 1.29 is 4.74 Å². The van der Waals surface area contributed by atoms with E-state index in [9.17, 15) is 0 Å². The molecule has 112 valence electrons. The SMILES string of the molecule is Cc1cccc2c(OC3CCN(C(C)C)CC3)ccnc12. The molecule has 1 saturated heterocycles. The van der Waals surface area contributed by atoms with E-state index in [0.29, 0.717) is 12.1 Å². The fraction of sp³-hybridized carbons (Fsp3) is 0.500. The molecule has 1 fully saturated rings. The summed E-state index contributed by atoms with van der Waals surface area (Å²) in [6.45, 7) is 8.88. The highest BCUT2D eigenvalue weighted by Gasteiger charge is 2.22. The minimum absolute atomic E-state index is 0.325. The van der Waals surface area contributed by atoms with Gasteiger partial charge < -0.3 is 9.64 Å². The number of hydrogen-bond donors (Lipinski definition) is 0. The van der Waals surface area contributed by atoms with Gasteiger partial charge in [0, 0.05) is 30.7 Å². The second-order valence-corrected chi connectivity index (χ2v) is 6.23. The van der Waals surface area contributed by atoms with Crippen LogP contribution in [0.5, 0.6) is 5.75 Å². The molecule has 0 aliphatic carbocycles. The number of rotatable bonds is 3. The molecule has 0 radical (unpaired) electrons. The van der Waals surface area contributed by atoms with Gasteiger partial charge in [-0.3, -0.25) is 4.98 Å². The predicted molar refractivity (Wildman–Crippen MR) is 86.8 cm³/mol. The summed E-state index contributed by atoms with van der Waals surface area (Å²) >= 11 is 0. The lowest BCUT2D eigenvalue weighted by molar-refractivity contribution is 0.0853. The zero-order chi connectivity index (χ0) is 14.8. The highest BCUT2D eigenvalue weighted by molar-refractivity contribution is 5.87. The summed E-state index contributed by atoms with van der Waals surface area (Å²) < 4.78 is 6.28. The second kappa shape index (κ2) is 6.02. The summed E-state index contributed by atoms with van der Waals surface area (Å²) in [7, 11) is 0. The summed E-state index contributed by atoms with van der Waals surface area (Å²) in [5.41, 5.74) is 2.25. The summed E-state index contributed by atoms with van der Waals surface area (Å²) in [5.74, 6) is 0.978. The number of nitrogens with zero attached hydrogens (tertiary/aromatic N) is 2. The molecule has 1 aliphatic rings. The highest BCUT2D eigenvalue weighted by Crippen LogP contribution is 2.28. The topological polar surface area (TPSA) is 25.4 Å². The van der Waals surface area contributed by atoms with Gasteiger partial charge >= 0.3 is 0 Å². The minimum Gasteiger partial charge on any atom is -0.490 e. The molecule has 2 heterocycles. The number of hydrogen-bond acceptors (Lipinski definition) is 3. The Balaban J connectivity index is 1.76.